The van der Waals surface area contributed by atoms with E-state index in [2.05, 4.69) is 36.2 Å². The van der Waals surface area contributed by atoms with Crippen molar-refractivity contribution in [3.63, 3.8) is 0 Å². The second-order valence-electron chi connectivity index (χ2n) is 9.84. The summed E-state index contributed by atoms with van der Waals surface area (Å²) < 4.78 is 5.51. The summed E-state index contributed by atoms with van der Waals surface area (Å²) in [5, 5.41) is 3.16. The molecule has 2 fully saturated rings. The highest BCUT2D eigenvalue weighted by Crippen LogP contribution is 2.39. The largest absolute Gasteiger partial charge is 0.379 e. The van der Waals surface area contributed by atoms with Gasteiger partial charge in [-0.15, -0.1) is 0 Å². The maximum Gasteiger partial charge on any atom is 0.239 e. The first kappa shape index (κ1) is 22.8. The number of benzene rings is 1. The first-order valence-corrected chi connectivity index (χ1v) is 11.2. The van der Waals surface area contributed by atoms with Crippen molar-refractivity contribution in [3.05, 3.63) is 35.9 Å². The highest BCUT2D eigenvalue weighted by Gasteiger charge is 2.59. The van der Waals surface area contributed by atoms with Crippen LogP contribution in [0.3, 0.4) is 0 Å². The maximum atomic E-state index is 13.3. The van der Waals surface area contributed by atoms with Crippen LogP contribution in [0.4, 0.5) is 0 Å². The van der Waals surface area contributed by atoms with Gasteiger partial charge in [0.25, 0.3) is 0 Å². The molecule has 0 saturated carbocycles. The lowest BCUT2D eigenvalue weighted by atomic mass is 10.00. The minimum atomic E-state index is -0.332. The van der Waals surface area contributed by atoms with Crippen LogP contribution in [0, 0.1) is 5.92 Å². The van der Waals surface area contributed by atoms with Crippen molar-refractivity contribution in [2.45, 2.75) is 71.1 Å². The first-order chi connectivity index (χ1) is 14.2. The quantitative estimate of drug-likeness (QED) is 0.695. The van der Waals surface area contributed by atoms with Gasteiger partial charge in [-0.3, -0.25) is 14.5 Å². The van der Waals surface area contributed by atoms with Gasteiger partial charge in [-0.25, -0.2) is 0 Å². The number of carbonyl (C=O) groups is 2. The SMILES string of the molecule is CC(C)[C@H]1[C@H]([C@@H](C(=O)NC(C)(C)C)N2CCOCC2)N1C(=O)CCc1ccccc1. The van der Waals surface area contributed by atoms with Crippen LogP contribution in [0.1, 0.15) is 46.6 Å². The molecule has 2 amide bonds. The average molecular weight is 416 g/mol. The second-order valence-corrected chi connectivity index (χ2v) is 9.84. The molecule has 0 bridgehead atoms. The number of nitrogens with one attached hydrogen (secondary N) is 1. The Morgan fingerprint density at radius 2 is 1.73 bits per heavy atom. The minimum Gasteiger partial charge on any atom is -0.379 e. The summed E-state index contributed by atoms with van der Waals surface area (Å²) in [6.07, 6.45) is 1.20. The van der Waals surface area contributed by atoms with Gasteiger partial charge in [-0.2, -0.15) is 0 Å². The molecular formula is C24H37N3O3. The van der Waals surface area contributed by atoms with Gasteiger partial charge in [0.2, 0.25) is 11.8 Å². The van der Waals surface area contributed by atoms with Crippen molar-refractivity contribution in [3.8, 4) is 0 Å². The van der Waals surface area contributed by atoms with Crippen LogP contribution in [0.5, 0.6) is 0 Å². The van der Waals surface area contributed by atoms with E-state index in [1.807, 2.05) is 43.9 Å². The Labute approximate surface area is 180 Å². The second kappa shape index (κ2) is 9.48. The van der Waals surface area contributed by atoms with Crippen molar-refractivity contribution in [2.24, 2.45) is 5.92 Å². The molecule has 0 aromatic heterocycles. The molecule has 3 atom stereocenters. The Bertz CT molecular complexity index is 723. The zero-order chi connectivity index (χ0) is 21.9. The summed E-state index contributed by atoms with van der Waals surface area (Å²) in [4.78, 5) is 30.6. The molecule has 6 heteroatoms. The van der Waals surface area contributed by atoms with Crippen LogP contribution < -0.4 is 5.32 Å². The van der Waals surface area contributed by atoms with Crippen molar-refractivity contribution in [1.29, 1.82) is 0 Å². The van der Waals surface area contributed by atoms with Gasteiger partial charge >= 0.3 is 0 Å². The molecule has 0 spiro atoms. The Hall–Kier alpha value is -1.92. The number of ether oxygens (including phenoxy) is 1. The van der Waals surface area contributed by atoms with Gasteiger partial charge in [-0.05, 0) is 38.7 Å². The minimum absolute atomic E-state index is 0.0124. The molecular weight excluding hydrogens is 378 g/mol. The summed E-state index contributed by atoms with van der Waals surface area (Å²) >= 11 is 0. The van der Waals surface area contributed by atoms with E-state index in [4.69, 9.17) is 4.74 Å². The summed E-state index contributed by atoms with van der Waals surface area (Å²) in [5.74, 6) is 0.462. The number of nitrogens with zero attached hydrogens (tertiary/aromatic N) is 2. The van der Waals surface area contributed by atoms with E-state index in [1.54, 1.807) is 0 Å². The van der Waals surface area contributed by atoms with Crippen LogP contribution in [-0.2, 0) is 20.7 Å². The number of aryl methyl sites for hydroxylation is 1. The molecule has 2 aliphatic rings. The predicted octanol–water partition coefficient (Wildman–Crippen LogP) is 2.47. The van der Waals surface area contributed by atoms with Crippen LogP contribution in [-0.4, -0.2) is 71.6 Å². The molecule has 3 rings (SSSR count). The molecule has 1 aromatic rings. The lowest BCUT2D eigenvalue weighted by Crippen LogP contribution is -2.58. The van der Waals surface area contributed by atoms with Crippen molar-refractivity contribution in [1.82, 2.24) is 15.1 Å². The number of rotatable bonds is 7. The molecule has 0 aliphatic carbocycles. The molecule has 166 valence electrons. The Morgan fingerprint density at radius 3 is 2.30 bits per heavy atom. The van der Waals surface area contributed by atoms with Gasteiger partial charge in [-0.1, -0.05) is 44.2 Å². The van der Waals surface area contributed by atoms with E-state index < -0.39 is 0 Å². The van der Waals surface area contributed by atoms with E-state index in [0.29, 0.717) is 25.6 Å². The molecule has 2 aliphatic heterocycles. The third-order valence-electron chi connectivity index (χ3n) is 5.87. The maximum absolute atomic E-state index is 13.3. The van der Waals surface area contributed by atoms with Crippen LogP contribution >= 0.6 is 0 Å². The monoisotopic (exact) mass is 415 g/mol. The Kier molecular flexibility index (Phi) is 7.19. The summed E-state index contributed by atoms with van der Waals surface area (Å²) in [6, 6.07) is 9.80. The summed E-state index contributed by atoms with van der Waals surface area (Å²) in [6.45, 7) is 13.0. The van der Waals surface area contributed by atoms with Gasteiger partial charge in [0.05, 0.1) is 25.3 Å². The van der Waals surface area contributed by atoms with Crippen LogP contribution in [0.25, 0.3) is 0 Å². The van der Waals surface area contributed by atoms with E-state index >= 15 is 0 Å². The van der Waals surface area contributed by atoms with Crippen molar-refractivity contribution >= 4 is 11.8 Å². The van der Waals surface area contributed by atoms with E-state index in [-0.39, 0.29) is 35.5 Å². The number of hydrogen-bond donors (Lipinski definition) is 1. The van der Waals surface area contributed by atoms with Gasteiger partial charge in [0.1, 0.15) is 6.04 Å². The molecule has 1 N–H and O–H groups in total. The Balaban J connectivity index is 1.76. The number of amides is 2. The number of morpholine rings is 1. The fourth-order valence-corrected chi connectivity index (χ4v) is 4.52. The Morgan fingerprint density at radius 1 is 1.10 bits per heavy atom. The zero-order valence-electron chi connectivity index (χ0n) is 19.1. The summed E-state index contributed by atoms with van der Waals surface area (Å²) in [7, 11) is 0. The predicted molar refractivity (Wildman–Crippen MR) is 118 cm³/mol. The zero-order valence-corrected chi connectivity index (χ0v) is 19.1. The standard InChI is InChI=1S/C24H37N3O3/c1-17(2)20-21(27(20)19(28)12-11-18-9-7-6-8-10-18)22(23(29)25-24(3,4)5)26-13-15-30-16-14-26/h6-10,17,20-22H,11-16H2,1-5H3,(H,25,29)/t20-,21+,22-,27?/m0/s1. The van der Waals surface area contributed by atoms with Gasteiger partial charge in [0, 0.05) is 25.0 Å². The first-order valence-electron chi connectivity index (χ1n) is 11.2. The smallest absolute Gasteiger partial charge is 0.239 e. The number of carbonyl (C=O) groups excluding carboxylic acids is 2. The molecule has 1 aromatic carbocycles. The normalized spacial score (nSPS) is 23.3. The van der Waals surface area contributed by atoms with Crippen molar-refractivity contribution < 1.29 is 14.3 Å². The highest BCUT2D eigenvalue weighted by atomic mass is 16.5. The van der Waals surface area contributed by atoms with E-state index in [1.165, 1.54) is 5.56 Å². The summed E-state index contributed by atoms with van der Waals surface area (Å²) in [5.41, 5.74) is 0.854. The molecule has 2 saturated heterocycles. The average Bonchev–Trinajstić information content (AvgIpc) is 3.42. The molecule has 0 radical (unpaired) electrons. The topological polar surface area (TPSA) is 61.7 Å². The van der Waals surface area contributed by atoms with Gasteiger partial charge in [0.15, 0.2) is 0 Å². The van der Waals surface area contributed by atoms with Crippen LogP contribution in [0.2, 0.25) is 0 Å². The van der Waals surface area contributed by atoms with Crippen molar-refractivity contribution in [2.75, 3.05) is 26.3 Å². The number of hydrogen-bond acceptors (Lipinski definition) is 4. The fraction of sp³-hybridized carbons (Fsp3) is 0.667. The molecule has 6 nitrogen and oxygen atoms in total. The third kappa shape index (κ3) is 5.61. The van der Waals surface area contributed by atoms with E-state index in [0.717, 1.165) is 19.5 Å². The lowest BCUT2D eigenvalue weighted by Gasteiger charge is -2.35. The fourth-order valence-electron chi connectivity index (χ4n) is 4.52. The van der Waals surface area contributed by atoms with E-state index in [9.17, 15) is 9.59 Å². The van der Waals surface area contributed by atoms with Gasteiger partial charge < -0.3 is 15.0 Å². The molecule has 30 heavy (non-hydrogen) atoms. The molecule has 2 heterocycles. The van der Waals surface area contributed by atoms with Crippen LogP contribution in [0.15, 0.2) is 30.3 Å². The third-order valence-corrected chi connectivity index (χ3v) is 5.87. The molecule has 0 unspecified atom stereocenters. The lowest BCUT2D eigenvalue weighted by molar-refractivity contribution is -0.131. The highest BCUT2D eigenvalue weighted by molar-refractivity contribution is 5.87.